The zero-order valence-corrected chi connectivity index (χ0v) is 12.0. The first kappa shape index (κ1) is 13.8. The highest BCUT2D eigenvalue weighted by Gasteiger charge is 2.17. The van der Waals surface area contributed by atoms with Gasteiger partial charge in [-0.2, -0.15) is 0 Å². The monoisotopic (exact) mass is 313 g/mol. The van der Waals surface area contributed by atoms with Gasteiger partial charge in [0, 0.05) is 24.1 Å². The summed E-state index contributed by atoms with van der Waals surface area (Å²) in [5, 5.41) is 19.9. The summed E-state index contributed by atoms with van der Waals surface area (Å²) < 4.78 is 0. The van der Waals surface area contributed by atoms with Crippen LogP contribution in [0.2, 0.25) is 0 Å². The van der Waals surface area contributed by atoms with Crippen LogP contribution < -0.4 is 4.90 Å². The van der Waals surface area contributed by atoms with E-state index in [-0.39, 0.29) is 0 Å². The third-order valence-electron chi connectivity index (χ3n) is 3.48. The number of hydrogen-bond donors (Lipinski definition) is 2. The lowest BCUT2D eigenvalue weighted by Gasteiger charge is -2.29. The SMILES string of the molecule is OC(CBr)C(O)c1ccc(N2CCCCC2)cc1. The van der Waals surface area contributed by atoms with Crippen LogP contribution in [0.3, 0.4) is 0 Å². The van der Waals surface area contributed by atoms with Gasteiger partial charge in [0.15, 0.2) is 0 Å². The average Bonchev–Trinajstić information content (AvgIpc) is 2.47. The van der Waals surface area contributed by atoms with Gasteiger partial charge in [0.25, 0.3) is 0 Å². The largest absolute Gasteiger partial charge is 0.389 e. The summed E-state index contributed by atoms with van der Waals surface area (Å²) in [5.41, 5.74) is 1.97. The Balaban J connectivity index is 2.04. The lowest BCUT2D eigenvalue weighted by Crippen LogP contribution is -2.29. The number of aliphatic hydroxyl groups excluding tert-OH is 2. The lowest BCUT2D eigenvalue weighted by atomic mass is 10.0. The van der Waals surface area contributed by atoms with Gasteiger partial charge in [-0.1, -0.05) is 28.1 Å². The Hall–Kier alpha value is -0.580. The molecule has 2 unspecified atom stereocenters. The Bertz CT molecular complexity index is 342. The van der Waals surface area contributed by atoms with E-state index in [9.17, 15) is 10.2 Å². The van der Waals surface area contributed by atoms with E-state index in [1.54, 1.807) is 0 Å². The molecule has 18 heavy (non-hydrogen) atoms. The molecule has 0 radical (unpaired) electrons. The van der Waals surface area contributed by atoms with Crippen LogP contribution in [0.5, 0.6) is 0 Å². The van der Waals surface area contributed by atoms with E-state index >= 15 is 0 Å². The van der Waals surface area contributed by atoms with E-state index in [2.05, 4.69) is 20.8 Å². The predicted octanol–water partition coefficient (Wildman–Crippen LogP) is 2.47. The fourth-order valence-electron chi connectivity index (χ4n) is 2.34. The Labute approximate surface area is 117 Å². The molecule has 1 aromatic rings. The minimum Gasteiger partial charge on any atom is -0.389 e. The minimum atomic E-state index is -0.820. The van der Waals surface area contributed by atoms with Crippen molar-refractivity contribution in [3.63, 3.8) is 0 Å². The van der Waals surface area contributed by atoms with Crippen LogP contribution in [-0.2, 0) is 0 Å². The summed E-state index contributed by atoms with van der Waals surface area (Å²) in [6.45, 7) is 2.23. The maximum absolute atomic E-state index is 9.90. The molecule has 2 rings (SSSR count). The molecule has 3 nitrogen and oxygen atoms in total. The molecule has 2 atom stereocenters. The maximum Gasteiger partial charge on any atom is 0.106 e. The third kappa shape index (κ3) is 3.25. The number of benzene rings is 1. The van der Waals surface area contributed by atoms with Crippen molar-refractivity contribution < 1.29 is 10.2 Å². The van der Waals surface area contributed by atoms with E-state index in [4.69, 9.17) is 0 Å². The number of aliphatic hydroxyl groups is 2. The lowest BCUT2D eigenvalue weighted by molar-refractivity contribution is 0.0343. The zero-order chi connectivity index (χ0) is 13.0. The number of rotatable bonds is 4. The number of hydrogen-bond acceptors (Lipinski definition) is 3. The summed E-state index contributed by atoms with van der Waals surface area (Å²) in [4.78, 5) is 2.38. The molecular weight excluding hydrogens is 294 g/mol. The van der Waals surface area contributed by atoms with Gasteiger partial charge in [0.1, 0.15) is 6.10 Å². The molecule has 1 fully saturated rings. The molecule has 0 spiro atoms. The van der Waals surface area contributed by atoms with Crippen molar-refractivity contribution in [2.24, 2.45) is 0 Å². The Morgan fingerprint density at radius 2 is 1.67 bits per heavy atom. The fraction of sp³-hybridized carbons (Fsp3) is 0.571. The molecule has 1 aromatic carbocycles. The van der Waals surface area contributed by atoms with Crippen LogP contribution in [0, 0.1) is 0 Å². The van der Waals surface area contributed by atoms with Crippen LogP contribution in [0.4, 0.5) is 5.69 Å². The second kappa shape index (κ2) is 6.55. The average molecular weight is 314 g/mol. The van der Waals surface area contributed by atoms with Crippen LogP contribution in [-0.4, -0.2) is 34.7 Å². The zero-order valence-electron chi connectivity index (χ0n) is 10.4. The normalized spacial score (nSPS) is 19.6. The Morgan fingerprint density at radius 3 is 2.22 bits per heavy atom. The second-order valence-corrected chi connectivity index (χ2v) is 5.45. The van der Waals surface area contributed by atoms with Crippen LogP contribution >= 0.6 is 15.9 Å². The summed E-state index contributed by atoms with van der Waals surface area (Å²) >= 11 is 3.17. The van der Waals surface area contributed by atoms with Crippen molar-refractivity contribution in [3.05, 3.63) is 29.8 Å². The Morgan fingerprint density at radius 1 is 1.06 bits per heavy atom. The predicted molar refractivity (Wildman–Crippen MR) is 77.3 cm³/mol. The second-order valence-electron chi connectivity index (χ2n) is 4.81. The number of piperidine rings is 1. The van der Waals surface area contributed by atoms with Crippen LogP contribution in [0.25, 0.3) is 0 Å². The molecule has 0 bridgehead atoms. The van der Waals surface area contributed by atoms with Crippen molar-refractivity contribution >= 4 is 21.6 Å². The third-order valence-corrected chi connectivity index (χ3v) is 4.14. The standard InChI is InChI=1S/C14H20BrNO2/c15-10-13(17)14(18)11-4-6-12(7-5-11)16-8-2-1-3-9-16/h4-7,13-14,17-18H,1-3,8-10H2. The van der Waals surface area contributed by atoms with Crippen LogP contribution in [0.15, 0.2) is 24.3 Å². The first-order valence-electron chi connectivity index (χ1n) is 6.49. The number of nitrogens with zero attached hydrogens (tertiary/aromatic N) is 1. The summed E-state index contributed by atoms with van der Waals surface area (Å²) in [7, 11) is 0. The van der Waals surface area contributed by atoms with Crippen molar-refractivity contribution in [1.29, 1.82) is 0 Å². The molecule has 0 saturated carbocycles. The van der Waals surface area contributed by atoms with Gasteiger partial charge < -0.3 is 15.1 Å². The van der Waals surface area contributed by atoms with Crippen LogP contribution in [0.1, 0.15) is 30.9 Å². The first-order chi connectivity index (χ1) is 8.72. The number of halogens is 1. The van der Waals surface area contributed by atoms with E-state index < -0.39 is 12.2 Å². The summed E-state index contributed by atoms with van der Waals surface area (Å²) in [5.74, 6) is 0. The minimum absolute atomic E-state index is 0.377. The molecule has 1 saturated heterocycles. The summed E-state index contributed by atoms with van der Waals surface area (Å²) in [6.07, 6.45) is 2.26. The molecule has 1 aliphatic heterocycles. The highest BCUT2D eigenvalue weighted by atomic mass is 79.9. The van der Waals surface area contributed by atoms with E-state index in [0.717, 1.165) is 18.7 Å². The van der Waals surface area contributed by atoms with Crippen molar-refractivity contribution in [3.8, 4) is 0 Å². The molecular formula is C14H20BrNO2. The molecule has 0 aromatic heterocycles. The van der Waals surface area contributed by atoms with Gasteiger partial charge in [-0.25, -0.2) is 0 Å². The van der Waals surface area contributed by atoms with Crippen molar-refractivity contribution in [1.82, 2.24) is 0 Å². The molecule has 1 heterocycles. The first-order valence-corrected chi connectivity index (χ1v) is 7.61. The number of alkyl halides is 1. The van der Waals surface area contributed by atoms with Gasteiger partial charge in [-0.05, 0) is 37.0 Å². The van der Waals surface area contributed by atoms with Gasteiger partial charge in [-0.15, -0.1) is 0 Å². The van der Waals surface area contributed by atoms with Gasteiger partial charge in [0.2, 0.25) is 0 Å². The van der Waals surface area contributed by atoms with E-state index in [0.29, 0.717) is 5.33 Å². The topological polar surface area (TPSA) is 43.7 Å². The van der Waals surface area contributed by atoms with Crippen molar-refractivity contribution in [2.75, 3.05) is 23.3 Å². The van der Waals surface area contributed by atoms with Crippen molar-refractivity contribution in [2.45, 2.75) is 31.5 Å². The van der Waals surface area contributed by atoms with Gasteiger partial charge in [-0.3, -0.25) is 0 Å². The van der Waals surface area contributed by atoms with E-state index in [1.807, 2.05) is 24.3 Å². The van der Waals surface area contributed by atoms with Gasteiger partial charge >= 0.3 is 0 Å². The molecule has 2 N–H and O–H groups in total. The molecule has 4 heteroatoms. The quantitative estimate of drug-likeness (QED) is 0.839. The van der Waals surface area contributed by atoms with E-state index in [1.165, 1.54) is 24.9 Å². The highest BCUT2D eigenvalue weighted by molar-refractivity contribution is 9.09. The molecule has 0 amide bonds. The smallest absolute Gasteiger partial charge is 0.106 e. The molecule has 0 aliphatic carbocycles. The molecule has 1 aliphatic rings. The molecule has 100 valence electrons. The number of anilines is 1. The Kier molecular flexibility index (Phi) is 5.03. The fourth-order valence-corrected chi connectivity index (χ4v) is 2.70. The maximum atomic E-state index is 9.90. The highest BCUT2D eigenvalue weighted by Crippen LogP contribution is 2.24. The van der Waals surface area contributed by atoms with Gasteiger partial charge in [0.05, 0.1) is 6.10 Å². The summed E-state index contributed by atoms with van der Waals surface area (Å²) in [6, 6.07) is 7.87.